The van der Waals surface area contributed by atoms with Crippen LogP contribution in [0.1, 0.15) is 25.8 Å². The SMILES string of the molecule is CC(C)C(CC(=O)O)Nc1c(F)cc(C#N)cc1F. The fourth-order valence-electron chi connectivity index (χ4n) is 1.60. The van der Waals surface area contributed by atoms with E-state index < -0.39 is 29.3 Å². The number of carboxylic acids is 1. The van der Waals surface area contributed by atoms with Crippen LogP contribution in [0.2, 0.25) is 0 Å². The first kappa shape index (κ1) is 14.9. The van der Waals surface area contributed by atoms with Gasteiger partial charge in [0, 0.05) is 6.04 Å². The van der Waals surface area contributed by atoms with Crippen LogP contribution in [-0.2, 0) is 4.79 Å². The van der Waals surface area contributed by atoms with Gasteiger partial charge in [-0.25, -0.2) is 8.78 Å². The minimum Gasteiger partial charge on any atom is -0.481 e. The van der Waals surface area contributed by atoms with Crippen molar-refractivity contribution >= 4 is 11.7 Å². The topological polar surface area (TPSA) is 73.1 Å². The summed E-state index contributed by atoms with van der Waals surface area (Å²) in [5, 5.41) is 19.9. The Hall–Kier alpha value is -2.16. The van der Waals surface area contributed by atoms with E-state index in [0.29, 0.717) is 0 Å². The quantitative estimate of drug-likeness (QED) is 0.861. The Bertz CT molecular complexity index is 501. The summed E-state index contributed by atoms with van der Waals surface area (Å²) in [7, 11) is 0. The molecule has 0 aliphatic heterocycles. The molecular weight excluding hydrogens is 254 g/mol. The molecule has 0 radical (unpaired) electrons. The molecule has 0 spiro atoms. The molecule has 0 aliphatic rings. The second-order valence-corrected chi connectivity index (χ2v) is 4.52. The Labute approximate surface area is 109 Å². The van der Waals surface area contributed by atoms with Crippen LogP contribution in [0.15, 0.2) is 12.1 Å². The van der Waals surface area contributed by atoms with E-state index in [4.69, 9.17) is 10.4 Å². The predicted molar refractivity (Wildman–Crippen MR) is 65.6 cm³/mol. The molecule has 1 atom stereocenters. The number of nitrogens with one attached hydrogen (secondary N) is 1. The molecule has 0 fully saturated rings. The van der Waals surface area contributed by atoms with Crippen LogP contribution >= 0.6 is 0 Å². The first-order valence-electron chi connectivity index (χ1n) is 5.72. The molecular formula is C13H14F2N2O2. The largest absolute Gasteiger partial charge is 0.481 e. The van der Waals surface area contributed by atoms with Crippen LogP contribution in [0.5, 0.6) is 0 Å². The van der Waals surface area contributed by atoms with Crippen molar-refractivity contribution in [2.24, 2.45) is 5.92 Å². The smallest absolute Gasteiger partial charge is 0.305 e. The van der Waals surface area contributed by atoms with Gasteiger partial charge in [0.05, 0.1) is 18.1 Å². The number of rotatable bonds is 5. The number of aliphatic carboxylic acids is 1. The van der Waals surface area contributed by atoms with Crippen molar-refractivity contribution in [2.75, 3.05) is 5.32 Å². The summed E-state index contributed by atoms with van der Waals surface area (Å²) in [5.41, 5.74) is -0.529. The molecule has 1 unspecified atom stereocenters. The van der Waals surface area contributed by atoms with Crippen molar-refractivity contribution in [3.63, 3.8) is 0 Å². The van der Waals surface area contributed by atoms with Crippen molar-refractivity contribution in [1.29, 1.82) is 5.26 Å². The maximum absolute atomic E-state index is 13.7. The summed E-state index contributed by atoms with van der Waals surface area (Å²) in [6.07, 6.45) is -0.253. The second kappa shape index (κ2) is 6.14. The zero-order valence-electron chi connectivity index (χ0n) is 10.6. The van der Waals surface area contributed by atoms with Crippen molar-refractivity contribution in [1.82, 2.24) is 0 Å². The number of nitriles is 1. The molecule has 4 nitrogen and oxygen atoms in total. The Morgan fingerprint density at radius 2 is 1.95 bits per heavy atom. The molecule has 2 N–H and O–H groups in total. The van der Waals surface area contributed by atoms with Gasteiger partial charge in [-0.1, -0.05) is 13.8 Å². The van der Waals surface area contributed by atoms with Crippen LogP contribution in [0.4, 0.5) is 14.5 Å². The molecule has 0 heterocycles. The second-order valence-electron chi connectivity index (χ2n) is 4.52. The number of hydrogen-bond acceptors (Lipinski definition) is 3. The molecule has 0 saturated heterocycles. The highest BCUT2D eigenvalue weighted by atomic mass is 19.1. The van der Waals surface area contributed by atoms with Gasteiger partial charge in [0.25, 0.3) is 0 Å². The van der Waals surface area contributed by atoms with E-state index in [1.165, 1.54) is 0 Å². The van der Waals surface area contributed by atoms with Crippen molar-refractivity contribution < 1.29 is 18.7 Å². The van der Waals surface area contributed by atoms with Gasteiger partial charge in [-0.05, 0) is 18.1 Å². The van der Waals surface area contributed by atoms with Crippen molar-refractivity contribution in [3.8, 4) is 6.07 Å². The van der Waals surface area contributed by atoms with E-state index in [-0.39, 0.29) is 17.9 Å². The van der Waals surface area contributed by atoms with E-state index >= 15 is 0 Å². The van der Waals surface area contributed by atoms with Gasteiger partial charge in [0.2, 0.25) is 0 Å². The Kier molecular flexibility index (Phi) is 4.81. The van der Waals surface area contributed by atoms with E-state index in [1.54, 1.807) is 19.9 Å². The summed E-state index contributed by atoms with van der Waals surface area (Å²) in [4.78, 5) is 10.7. The zero-order valence-corrected chi connectivity index (χ0v) is 10.6. The standard InChI is InChI=1S/C13H14F2N2O2/c1-7(2)11(5-12(18)19)17-13-9(14)3-8(6-16)4-10(13)15/h3-4,7,11,17H,5H2,1-2H3,(H,18,19). The van der Waals surface area contributed by atoms with Crippen LogP contribution in [0.25, 0.3) is 0 Å². The van der Waals surface area contributed by atoms with Gasteiger partial charge >= 0.3 is 5.97 Å². The Morgan fingerprint density at radius 3 is 2.32 bits per heavy atom. The fourth-order valence-corrected chi connectivity index (χ4v) is 1.60. The van der Waals surface area contributed by atoms with Crippen molar-refractivity contribution in [3.05, 3.63) is 29.3 Å². The molecule has 0 aromatic heterocycles. The van der Waals surface area contributed by atoms with E-state index in [0.717, 1.165) is 12.1 Å². The summed E-state index contributed by atoms with van der Waals surface area (Å²) in [5.74, 6) is -2.99. The number of nitrogens with zero attached hydrogens (tertiary/aromatic N) is 1. The number of benzene rings is 1. The predicted octanol–water partition coefficient (Wildman–Crippen LogP) is 2.75. The summed E-state index contributed by atoms with van der Waals surface area (Å²) < 4.78 is 27.3. The lowest BCUT2D eigenvalue weighted by Crippen LogP contribution is -2.29. The highest BCUT2D eigenvalue weighted by Crippen LogP contribution is 2.23. The minimum atomic E-state index is -1.05. The number of halogens is 2. The minimum absolute atomic E-state index is 0.120. The van der Waals surface area contributed by atoms with Crippen LogP contribution in [0, 0.1) is 28.9 Å². The molecule has 19 heavy (non-hydrogen) atoms. The molecule has 1 aromatic rings. The van der Waals surface area contributed by atoms with E-state index in [9.17, 15) is 13.6 Å². The lowest BCUT2D eigenvalue weighted by Gasteiger charge is -2.22. The third kappa shape index (κ3) is 3.91. The van der Waals surface area contributed by atoms with Crippen LogP contribution in [0.3, 0.4) is 0 Å². The van der Waals surface area contributed by atoms with Crippen LogP contribution < -0.4 is 5.32 Å². The van der Waals surface area contributed by atoms with Gasteiger partial charge in [-0.15, -0.1) is 0 Å². The van der Waals surface area contributed by atoms with Gasteiger partial charge in [0.1, 0.15) is 5.69 Å². The first-order valence-corrected chi connectivity index (χ1v) is 5.72. The fraction of sp³-hybridized carbons (Fsp3) is 0.385. The molecule has 0 bridgehead atoms. The lowest BCUT2D eigenvalue weighted by atomic mass is 10.0. The third-order valence-corrected chi connectivity index (χ3v) is 2.70. The van der Waals surface area contributed by atoms with Gasteiger partial charge < -0.3 is 10.4 Å². The van der Waals surface area contributed by atoms with E-state index in [2.05, 4.69) is 5.32 Å². The van der Waals surface area contributed by atoms with Crippen molar-refractivity contribution in [2.45, 2.75) is 26.3 Å². The normalized spacial score (nSPS) is 12.0. The molecule has 0 aliphatic carbocycles. The summed E-state index contributed by atoms with van der Waals surface area (Å²) in [6.45, 7) is 3.50. The average molecular weight is 268 g/mol. The van der Waals surface area contributed by atoms with Gasteiger partial charge in [-0.3, -0.25) is 4.79 Å². The number of carboxylic acid groups (broad SMARTS) is 1. The maximum atomic E-state index is 13.7. The van der Waals surface area contributed by atoms with Gasteiger partial charge in [0.15, 0.2) is 11.6 Å². The Balaban J connectivity index is 3.03. The maximum Gasteiger partial charge on any atom is 0.305 e. The van der Waals surface area contributed by atoms with Crippen LogP contribution in [-0.4, -0.2) is 17.1 Å². The molecule has 1 aromatic carbocycles. The average Bonchev–Trinajstić information content (AvgIpc) is 2.31. The Morgan fingerprint density at radius 1 is 1.42 bits per heavy atom. The number of hydrogen-bond donors (Lipinski definition) is 2. The third-order valence-electron chi connectivity index (χ3n) is 2.70. The number of anilines is 1. The molecule has 102 valence electrons. The highest BCUT2D eigenvalue weighted by Gasteiger charge is 2.21. The number of carbonyl (C=O) groups is 1. The summed E-state index contributed by atoms with van der Waals surface area (Å²) in [6, 6.07) is 2.85. The van der Waals surface area contributed by atoms with Gasteiger partial charge in [-0.2, -0.15) is 5.26 Å². The monoisotopic (exact) mass is 268 g/mol. The molecule has 6 heteroatoms. The molecule has 1 rings (SSSR count). The highest BCUT2D eigenvalue weighted by molar-refractivity contribution is 5.68. The van der Waals surface area contributed by atoms with E-state index in [1.807, 2.05) is 0 Å². The molecule has 0 amide bonds. The molecule has 0 saturated carbocycles. The summed E-state index contributed by atoms with van der Waals surface area (Å²) >= 11 is 0. The zero-order chi connectivity index (χ0) is 14.6. The lowest BCUT2D eigenvalue weighted by molar-refractivity contribution is -0.137. The first-order chi connectivity index (χ1) is 8.85.